The van der Waals surface area contributed by atoms with E-state index in [1.165, 1.54) is 12.1 Å². The lowest BCUT2D eigenvalue weighted by atomic mass is 9.86. The van der Waals surface area contributed by atoms with Gasteiger partial charge in [-0.3, -0.25) is 4.79 Å². The molecule has 1 aromatic heterocycles. The predicted molar refractivity (Wildman–Crippen MR) is 81.1 cm³/mol. The van der Waals surface area contributed by atoms with Gasteiger partial charge in [0.1, 0.15) is 11.4 Å². The maximum absolute atomic E-state index is 13.5. The normalized spacial score (nSPS) is 20.9. The molecule has 1 aliphatic heterocycles. The number of hydrogen-bond donors (Lipinski definition) is 1. The number of aromatic amines is 1. The van der Waals surface area contributed by atoms with E-state index < -0.39 is 5.60 Å². The predicted octanol–water partition coefficient (Wildman–Crippen LogP) is 3.44. The summed E-state index contributed by atoms with van der Waals surface area (Å²) < 4.78 is 24.5. The second-order valence-corrected chi connectivity index (χ2v) is 5.60. The molecule has 3 rings (SSSR count). The maximum atomic E-state index is 13.5. The van der Waals surface area contributed by atoms with E-state index in [0.29, 0.717) is 19.6 Å². The second kappa shape index (κ2) is 5.72. The molecule has 1 aliphatic rings. The topological polar surface area (TPSA) is 51.3 Å². The number of esters is 1. The number of nitrogens with one attached hydrogen (secondary N) is 1. The Morgan fingerprint density at radius 1 is 1.45 bits per heavy atom. The summed E-state index contributed by atoms with van der Waals surface area (Å²) in [7, 11) is 0. The van der Waals surface area contributed by atoms with E-state index in [1.807, 2.05) is 6.92 Å². The summed E-state index contributed by atoms with van der Waals surface area (Å²) in [6.07, 6.45) is 1.57. The lowest BCUT2D eigenvalue weighted by Gasteiger charge is -2.36. The summed E-state index contributed by atoms with van der Waals surface area (Å²) in [5, 5.41) is 1.00. The first-order chi connectivity index (χ1) is 10.6. The molecule has 0 fully saturated rings. The van der Waals surface area contributed by atoms with Gasteiger partial charge in [0.25, 0.3) is 0 Å². The highest BCUT2D eigenvalue weighted by Crippen LogP contribution is 2.41. The van der Waals surface area contributed by atoms with Gasteiger partial charge in [0, 0.05) is 10.9 Å². The number of hydrogen-bond acceptors (Lipinski definition) is 3. The lowest BCUT2D eigenvalue weighted by Crippen LogP contribution is -2.37. The Balaban J connectivity index is 2.08. The molecular weight excluding hydrogens is 285 g/mol. The first-order valence-corrected chi connectivity index (χ1v) is 7.70. The number of aromatic nitrogens is 1. The molecule has 2 aromatic rings. The molecule has 1 atom stereocenters. The quantitative estimate of drug-likeness (QED) is 0.880. The molecule has 0 bridgehead atoms. The van der Waals surface area contributed by atoms with Gasteiger partial charge in [0.05, 0.1) is 25.3 Å². The molecule has 2 heterocycles. The van der Waals surface area contributed by atoms with Crippen molar-refractivity contribution in [1.29, 1.82) is 0 Å². The monoisotopic (exact) mass is 305 g/mol. The van der Waals surface area contributed by atoms with Crippen molar-refractivity contribution in [3.63, 3.8) is 0 Å². The van der Waals surface area contributed by atoms with Crippen molar-refractivity contribution >= 4 is 16.9 Å². The molecule has 118 valence electrons. The van der Waals surface area contributed by atoms with Crippen molar-refractivity contribution in [2.75, 3.05) is 13.2 Å². The molecule has 1 N–H and O–H groups in total. The zero-order chi connectivity index (χ0) is 15.7. The highest BCUT2D eigenvalue weighted by molar-refractivity contribution is 5.85. The van der Waals surface area contributed by atoms with Gasteiger partial charge in [-0.25, -0.2) is 4.39 Å². The minimum atomic E-state index is -0.713. The third-order valence-corrected chi connectivity index (χ3v) is 4.36. The Kier molecular flexibility index (Phi) is 3.91. The number of benzene rings is 1. The van der Waals surface area contributed by atoms with Crippen molar-refractivity contribution in [2.45, 2.75) is 38.7 Å². The summed E-state index contributed by atoms with van der Waals surface area (Å²) in [6.45, 7) is 4.67. The SMILES string of the molecule is CCOC(=O)CC1(CC)OCCc2c1[nH]c1cc(F)ccc21. The smallest absolute Gasteiger partial charge is 0.309 e. The molecule has 22 heavy (non-hydrogen) atoms. The molecule has 4 nitrogen and oxygen atoms in total. The molecule has 0 saturated heterocycles. The minimum Gasteiger partial charge on any atom is -0.466 e. The first-order valence-electron chi connectivity index (χ1n) is 7.70. The van der Waals surface area contributed by atoms with Gasteiger partial charge in [-0.2, -0.15) is 0 Å². The zero-order valence-electron chi connectivity index (χ0n) is 12.9. The molecule has 0 spiro atoms. The second-order valence-electron chi connectivity index (χ2n) is 5.60. The van der Waals surface area contributed by atoms with Gasteiger partial charge in [0.15, 0.2) is 0 Å². The van der Waals surface area contributed by atoms with Crippen LogP contribution in [0.15, 0.2) is 18.2 Å². The van der Waals surface area contributed by atoms with E-state index in [-0.39, 0.29) is 18.2 Å². The lowest BCUT2D eigenvalue weighted by molar-refractivity contribution is -0.154. The van der Waals surface area contributed by atoms with Gasteiger partial charge in [-0.15, -0.1) is 0 Å². The molecule has 1 aromatic carbocycles. The van der Waals surface area contributed by atoms with Crippen LogP contribution < -0.4 is 0 Å². The fraction of sp³-hybridized carbons (Fsp3) is 0.471. The van der Waals surface area contributed by atoms with E-state index in [4.69, 9.17) is 9.47 Å². The fourth-order valence-electron chi connectivity index (χ4n) is 3.29. The third kappa shape index (κ3) is 2.39. The third-order valence-electron chi connectivity index (χ3n) is 4.36. The number of rotatable bonds is 4. The van der Waals surface area contributed by atoms with Crippen LogP contribution in [0.3, 0.4) is 0 Å². The van der Waals surface area contributed by atoms with Crippen LogP contribution in [0, 0.1) is 5.82 Å². The summed E-state index contributed by atoms with van der Waals surface area (Å²) in [6, 6.07) is 4.74. The molecular formula is C17H20FNO3. The molecule has 1 unspecified atom stereocenters. The summed E-state index contributed by atoms with van der Waals surface area (Å²) in [5.41, 5.74) is 2.04. The van der Waals surface area contributed by atoms with Crippen molar-refractivity contribution in [2.24, 2.45) is 0 Å². The van der Waals surface area contributed by atoms with E-state index in [0.717, 1.165) is 28.6 Å². The highest BCUT2D eigenvalue weighted by Gasteiger charge is 2.41. The number of carbonyl (C=O) groups excluding carboxylic acids is 1. The van der Waals surface area contributed by atoms with Gasteiger partial charge in [-0.1, -0.05) is 6.92 Å². The van der Waals surface area contributed by atoms with E-state index in [1.54, 1.807) is 13.0 Å². The minimum absolute atomic E-state index is 0.166. The Morgan fingerprint density at radius 2 is 2.27 bits per heavy atom. The highest BCUT2D eigenvalue weighted by atomic mass is 19.1. The van der Waals surface area contributed by atoms with Crippen LogP contribution in [0.1, 0.15) is 37.9 Å². The molecule has 0 aliphatic carbocycles. The van der Waals surface area contributed by atoms with Crippen LogP contribution in [0.4, 0.5) is 4.39 Å². The Hall–Kier alpha value is -1.88. The largest absolute Gasteiger partial charge is 0.466 e. The van der Waals surface area contributed by atoms with Gasteiger partial charge >= 0.3 is 5.97 Å². The summed E-state index contributed by atoms with van der Waals surface area (Å²) >= 11 is 0. The van der Waals surface area contributed by atoms with E-state index in [2.05, 4.69) is 4.98 Å². The summed E-state index contributed by atoms with van der Waals surface area (Å²) in [4.78, 5) is 15.3. The average molecular weight is 305 g/mol. The zero-order valence-corrected chi connectivity index (χ0v) is 12.9. The fourth-order valence-corrected chi connectivity index (χ4v) is 3.29. The number of carbonyl (C=O) groups is 1. The van der Waals surface area contributed by atoms with Crippen LogP contribution in [0.25, 0.3) is 10.9 Å². The number of halogens is 1. The summed E-state index contributed by atoms with van der Waals surface area (Å²) in [5.74, 6) is -0.554. The van der Waals surface area contributed by atoms with Crippen molar-refractivity contribution in [1.82, 2.24) is 4.98 Å². The van der Waals surface area contributed by atoms with Gasteiger partial charge in [0.2, 0.25) is 0 Å². The Labute approximate surface area is 128 Å². The first kappa shape index (κ1) is 15.0. The van der Waals surface area contributed by atoms with E-state index in [9.17, 15) is 9.18 Å². The Morgan fingerprint density at radius 3 is 3.00 bits per heavy atom. The van der Waals surface area contributed by atoms with E-state index >= 15 is 0 Å². The molecule has 5 heteroatoms. The molecule has 0 amide bonds. The van der Waals surface area contributed by atoms with Gasteiger partial charge in [-0.05, 0) is 43.5 Å². The van der Waals surface area contributed by atoms with Crippen molar-refractivity contribution < 1.29 is 18.7 Å². The van der Waals surface area contributed by atoms with Crippen LogP contribution in [-0.4, -0.2) is 24.2 Å². The van der Waals surface area contributed by atoms with Crippen LogP contribution >= 0.6 is 0 Å². The Bertz CT molecular complexity index is 709. The standard InChI is InChI=1S/C17H20FNO3/c1-3-17(10-15(20)21-4-2)16-13(7-8-22-17)12-6-5-11(18)9-14(12)19-16/h5-6,9,19H,3-4,7-8,10H2,1-2H3. The number of H-pyrrole nitrogens is 1. The average Bonchev–Trinajstić information content (AvgIpc) is 2.86. The number of ether oxygens (including phenoxy) is 2. The van der Waals surface area contributed by atoms with Crippen molar-refractivity contribution in [3.05, 3.63) is 35.3 Å². The molecule has 0 saturated carbocycles. The van der Waals surface area contributed by atoms with Crippen molar-refractivity contribution in [3.8, 4) is 0 Å². The number of fused-ring (bicyclic) bond motifs is 3. The van der Waals surface area contributed by atoms with Crippen LogP contribution in [-0.2, 0) is 26.3 Å². The van der Waals surface area contributed by atoms with Gasteiger partial charge < -0.3 is 14.5 Å². The maximum Gasteiger partial charge on any atom is 0.309 e. The van der Waals surface area contributed by atoms with Crippen LogP contribution in [0.5, 0.6) is 0 Å². The molecule has 0 radical (unpaired) electrons. The van der Waals surface area contributed by atoms with Crippen LogP contribution in [0.2, 0.25) is 0 Å².